The maximum Gasteiger partial charge on any atom is 0.326 e. The number of carbonyl (C=O) groups excluding carboxylic acids is 4. The molecule has 0 bridgehead atoms. The number of rotatable bonds is 16. The Hall–Kier alpha value is -3.13. The van der Waals surface area contributed by atoms with E-state index >= 15 is 0 Å². The molecule has 0 fully saturated rings. The van der Waals surface area contributed by atoms with Crippen molar-refractivity contribution in [3.05, 3.63) is 18.2 Å². The quantitative estimate of drug-likeness (QED) is 0.136. The second-order valence-corrected chi connectivity index (χ2v) is 9.16. The van der Waals surface area contributed by atoms with E-state index < -0.39 is 60.2 Å². The van der Waals surface area contributed by atoms with Crippen LogP contribution in [0.5, 0.6) is 0 Å². The van der Waals surface area contributed by atoms with Crippen LogP contribution in [0.2, 0.25) is 0 Å². The van der Waals surface area contributed by atoms with Gasteiger partial charge in [-0.05, 0) is 24.3 Å². The first-order chi connectivity index (χ1) is 16.5. The minimum absolute atomic E-state index is 0.152. The number of imidazole rings is 1. The first-order valence-corrected chi connectivity index (χ1v) is 12.5. The summed E-state index contributed by atoms with van der Waals surface area (Å²) >= 11 is 1.41. The molecule has 14 heteroatoms. The molecule has 9 N–H and O–H groups in total. The van der Waals surface area contributed by atoms with Crippen molar-refractivity contribution in [2.24, 2.45) is 17.4 Å². The van der Waals surface area contributed by atoms with E-state index in [1.807, 2.05) is 6.92 Å². The zero-order valence-corrected chi connectivity index (χ0v) is 20.9. The number of primary amides is 1. The number of H-pyrrole nitrogens is 1. The van der Waals surface area contributed by atoms with Gasteiger partial charge in [-0.2, -0.15) is 11.8 Å². The third-order valence-corrected chi connectivity index (χ3v) is 6.03. The van der Waals surface area contributed by atoms with E-state index in [2.05, 4.69) is 25.9 Å². The molecule has 0 aliphatic carbocycles. The summed E-state index contributed by atoms with van der Waals surface area (Å²) in [4.78, 5) is 68.2. The van der Waals surface area contributed by atoms with Gasteiger partial charge in [0.1, 0.15) is 18.1 Å². The molecule has 0 aliphatic heterocycles. The van der Waals surface area contributed by atoms with Gasteiger partial charge in [-0.15, -0.1) is 0 Å². The number of carboxylic acids is 1. The van der Waals surface area contributed by atoms with E-state index in [1.54, 1.807) is 13.2 Å². The molecular weight excluding hydrogens is 478 g/mol. The number of amides is 4. The maximum absolute atomic E-state index is 13.1. The molecule has 35 heavy (non-hydrogen) atoms. The highest BCUT2D eigenvalue weighted by Gasteiger charge is 2.33. The predicted molar refractivity (Wildman–Crippen MR) is 130 cm³/mol. The molecule has 0 radical (unpaired) electrons. The molecule has 5 unspecified atom stereocenters. The van der Waals surface area contributed by atoms with Crippen LogP contribution >= 0.6 is 11.8 Å². The smallest absolute Gasteiger partial charge is 0.326 e. The van der Waals surface area contributed by atoms with Gasteiger partial charge in [0.2, 0.25) is 23.6 Å². The lowest BCUT2D eigenvalue weighted by Crippen LogP contribution is -2.59. The fourth-order valence-corrected chi connectivity index (χ4v) is 3.60. The molecule has 0 aromatic carbocycles. The standard InChI is InChI=1S/C21H35N7O6S/c1-4-11(2)17(28-18(30)13(22)7-12-9-24-10-25-12)20(32)27-15(8-16(23)29)19(31)26-14(21(33)34)5-6-35-3/h9-11,13-15,17H,4-8,22H2,1-3H3,(H2,23,29)(H,24,25)(H,26,31)(H,27,32)(H,28,30)(H,33,34). The normalized spacial score (nSPS) is 15.2. The number of carbonyl (C=O) groups is 5. The SMILES string of the molecule is CCC(C)C(NC(=O)C(N)Cc1cnc[nH]1)C(=O)NC(CC(N)=O)C(=O)NC(CCSC)C(=O)O. The second-order valence-electron chi connectivity index (χ2n) is 8.17. The van der Waals surface area contributed by atoms with Crippen molar-refractivity contribution in [1.82, 2.24) is 25.9 Å². The van der Waals surface area contributed by atoms with E-state index in [1.165, 1.54) is 24.3 Å². The molecule has 1 heterocycles. The number of carboxylic acid groups (broad SMARTS) is 1. The zero-order valence-electron chi connectivity index (χ0n) is 20.1. The van der Waals surface area contributed by atoms with E-state index in [0.29, 0.717) is 17.9 Å². The van der Waals surface area contributed by atoms with Gasteiger partial charge >= 0.3 is 5.97 Å². The molecule has 0 saturated carbocycles. The van der Waals surface area contributed by atoms with E-state index in [0.717, 1.165) is 0 Å². The average molecular weight is 514 g/mol. The minimum atomic E-state index is -1.42. The molecule has 1 aromatic heterocycles. The molecule has 0 saturated heterocycles. The summed E-state index contributed by atoms with van der Waals surface area (Å²) in [5.41, 5.74) is 11.8. The summed E-state index contributed by atoms with van der Waals surface area (Å²) in [5, 5.41) is 16.7. The van der Waals surface area contributed by atoms with Crippen LogP contribution < -0.4 is 27.4 Å². The highest BCUT2D eigenvalue weighted by Crippen LogP contribution is 2.10. The molecule has 0 aliphatic rings. The van der Waals surface area contributed by atoms with Gasteiger partial charge in [-0.25, -0.2) is 9.78 Å². The number of hydrogen-bond acceptors (Lipinski definition) is 8. The molecule has 0 spiro atoms. The van der Waals surface area contributed by atoms with Gasteiger partial charge < -0.3 is 37.5 Å². The van der Waals surface area contributed by atoms with Crippen LogP contribution in [0.4, 0.5) is 0 Å². The number of thioether (sulfide) groups is 1. The number of nitrogens with zero attached hydrogens (tertiary/aromatic N) is 1. The van der Waals surface area contributed by atoms with E-state index in [-0.39, 0.29) is 18.8 Å². The van der Waals surface area contributed by atoms with Crippen molar-refractivity contribution in [2.45, 2.75) is 63.7 Å². The van der Waals surface area contributed by atoms with Crippen LogP contribution in [0.25, 0.3) is 0 Å². The van der Waals surface area contributed by atoms with Gasteiger partial charge in [-0.1, -0.05) is 20.3 Å². The summed E-state index contributed by atoms with van der Waals surface area (Å²) in [6.45, 7) is 3.55. The zero-order chi connectivity index (χ0) is 26.5. The average Bonchev–Trinajstić information content (AvgIpc) is 3.31. The fraction of sp³-hybridized carbons (Fsp3) is 0.619. The highest BCUT2D eigenvalue weighted by molar-refractivity contribution is 7.98. The molecular formula is C21H35N7O6S. The number of nitrogens with one attached hydrogen (secondary N) is 4. The van der Waals surface area contributed by atoms with Crippen LogP contribution in [0.1, 0.15) is 38.8 Å². The Morgan fingerprint density at radius 3 is 2.29 bits per heavy atom. The first kappa shape index (κ1) is 29.9. The Morgan fingerprint density at radius 1 is 1.11 bits per heavy atom. The monoisotopic (exact) mass is 513 g/mol. The largest absolute Gasteiger partial charge is 0.480 e. The van der Waals surface area contributed by atoms with Gasteiger partial charge in [0.15, 0.2) is 0 Å². The third kappa shape index (κ3) is 10.3. The van der Waals surface area contributed by atoms with Crippen molar-refractivity contribution in [1.29, 1.82) is 0 Å². The first-order valence-electron chi connectivity index (χ1n) is 11.1. The summed E-state index contributed by atoms with van der Waals surface area (Å²) in [5.74, 6) is -4.15. The Labute approximate surface area is 207 Å². The Kier molecular flexibility index (Phi) is 12.8. The van der Waals surface area contributed by atoms with Crippen LogP contribution in [0.15, 0.2) is 12.5 Å². The van der Waals surface area contributed by atoms with Crippen LogP contribution in [0.3, 0.4) is 0 Å². The highest BCUT2D eigenvalue weighted by atomic mass is 32.2. The summed E-state index contributed by atoms with van der Waals surface area (Å²) < 4.78 is 0. The number of aromatic amines is 1. The topological polar surface area (TPSA) is 222 Å². The Bertz CT molecular complexity index is 866. The van der Waals surface area contributed by atoms with Crippen molar-refractivity contribution < 1.29 is 29.1 Å². The maximum atomic E-state index is 13.1. The summed E-state index contributed by atoms with van der Waals surface area (Å²) in [6, 6.07) is -4.64. The predicted octanol–water partition coefficient (Wildman–Crippen LogP) is -1.51. The van der Waals surface area contributed by atoms with Crippen LogP contribution in [0, 0.1) is 5.92 Å². The van der Waals surface area contributed by atoms with Crippen LogP contribution in [-0.4, -0.2) is 80.8 Å². The summed E-state index contributed by atoms with van der Waals surface area (Å²) in [6.07, 6.45) is 5.06. The van der Waals surface area contributed by atoms with Gasteiger partial charge in [-0.3, -0.25) is 19.2 Å². The number of aliphatic carboxylic acids is 1. The van der Waals surface area contributed by atoms with Gasteiger partial charge in [0.25, 0.3) is 0 Å². The second kappa shape index (κ2) is 15.0. The van der Waals surface area contributed by atoms with Crippen LogP contribution in [-0.2, 0) is 30.4 Å². The lowest BCUT2D eigenvalue weighted by Gasteiger charge is -2.27. The Morgan fingerprint density at radius 2 is 1.77 bits per heavy atom. The third-order valence-electron chi connectivity index (χ3n) is 5.39. The van der Waals surface area contributed by atoms with Gasteiger partial charge in [0, 0.05) is 18.3 Å². The molecule has 4 amide bonds. The Balaban J connectivity index is 2.96. The molecule has 5 atom stereocenters. The number of nitrogens with two attached hydrogens (primary N) is 2. The van der Waals surface area contributed by atoms with Crippen molar-refractivity contribution in [3.8, 4) is 0 Å². The number of hydrogen-bond donors (Lipinski definition) is 7. The minimum Gasteiger partial charge on any atom is -0.480 e. The van der Waals surface area contributed by atoms with Crippen molar-refractivity contribution in [2.75, 3.05) is 12.0 Å². The van der Waals surface area contributed by atoms with Gasteiger partial charge in [0.05, 0.1) is 18.8 Å². The lowest BCUT2D eigenvalue weighted by molar-refractivity contribution is -0.142. The summed E-state index contributed by atoms with van der Waals surface area (Å²) in [7, 11) is 0. The van der Waals surface area contributed by atoms with Crippen molar-refractivity contribution in [3.63, 3.8) is 0 Å². The van der Waals surface area contributed by atoms with Crippen molar-refractivity contribution >= 4 is 41.4 Å². The van der Waals surface area contributed by atoms with E-state index in [9.17, 15) is 29.1 Å². The fourth-order valence-electron chi connectivity index (χ4n) is 3.13. The molecule has 196 valence electrons. The molecule has 1 rings (SSSR count). The number of aromatic nitrogens is 2. The lowest BCUT2D eigenvalue weighted by atomic mass is 9.97. The van der Waals surface area contributed by atoms with E-state index in [4.69, 9.17) is 11.5 Å². The molecule has 13 nitrogen and oxygen atoms in total. The molecule has 1 aromatic rings.